The number of carboxylic acids is 1. The van der Waals surface area contributed by atoms with Crippen molar-refractivity contribution in [3.63, 3.8) is 0 Å². The fraction of sp³-hybridized carbons (Fsp3) is 0.407. The third kappa shape index (κ3) is 5.09. The van der Waals surface area contributed by atoms with Crippen LogP contribution in [0.5, 0.6) is 0 Å². The highest BCUT2D eigenvalue weighted by Gasteiger charge is 2.24. The summed E-state index contributed by atoms with van der Waals surface area (Å²) in [6.45, 7) is 6.97. The number of nitrogens with zero attached hydrogens (tertiary/aromatic N) is 3. The molecule has 1 aliphatic rings. The van der Waals surface area contributed by atoms with Gasteiger partial charge >= 0.3 is 5.97 Å². The first-order valence-electron chi connectivity index (χ1n) is 12.0. The molecule has 0 aliphatic carbocycles. The molecule has 2 aromatic carbocycles. The molecule has 2 atom stereocenters. The van der Waals surface area contributed by atoms with Crippen LogP contribution in [0.1, 0.15) is 59.0 Å². The summed E-state index contributed by atoms with van der Waals surface area (Å²) >= 11 is 0. The Bertz CT molecular complexity index is 1140. The molecule has 34 heavy (non-hydrogen) atoms. The lowest BCUT2D eigenvalue weighted by atomic mass is 9.84. The summed E-state index contributed by atoms with van der Waals surface area (Å²) in [5, 5.41) is 17.3. The van der Waals surface area contributed by atoms with E-state index < -0.39 is 5.97 Å². The smallest absolute Gasteiger partial charge is 0.304 e. The van der Waals surface area contributed by atoms with Crippen LogP contribution in [-0.4, -0.2) is 45.9 Å². The van der Waals surface area contributed by atoms with Gasteiger partial charge in [-0.1, -0.05) is 24.3 Å². The maximum atomic E-state index is 11.8. The van der Waals surface area contributed by atoms with E-state index in [1.165, 1.54) is 11.1 Å². The second kappa shape index (κ2) is 10.3. The van der Waals surface area contributed by atoms with E-state index in [9.17, 15) is 9.90 Å². The summed E-state index contributed by atoms with van der Waals surface area (Å²) in [6, 6.07) is 12.7. The van der Waals surface area contributed by atoms with Gasteiger partial charge in [0, 0.05) is 38.4 Å². The molecule has 0 radical (unpaired) electrons. The molecule has 7 heteroatoms. The van der Waals surface area contributed by atoms with Crippen LogP contribution in [0, 0.1) is 13.8 Å². The SMILES string of the molecule is CNc1ccc(C(CC(=O)O)c2ccc(C)c(CN3CCCC(n4cccn4)C3)c2)c(C)c1N. The highest BCUT2D eigenvalue weighted by molar-refractivity contribution is 5.74. The van der Waals surface area contributed by atoms with Crippen LogP contribution in [0.25, 0.3) is 0 Å². The van der Waals surface area contributed by atoms with E-state index in [2.05, 4.69) is 45.1 Å². The number of aromatic nitrogens is 2. The number of nitrogens with two attached hydrogens (primary N) is 1. The molecule has 180 valence electrons. The van der Waals surface area contributed by atoms with E-state index in [0.717, 1.165) is 54.9 Å². The lowest BCUT2D eigenvalue weighted by Gasteiger charge is -2.33. The fourth-order valence-corrected chi connectivity index (χ4v) is 5.13. The number of likely N-dealkylation sites (tertiary alicyclic amines) is 1. The summed E-state index contributed by atoms with van der Waals surface area (Å²) in [6.07, 6.45) is 6.19. The monoisotopic (exact) mass is 461 g/mol. The summed E-state index contributed by atoms with van der Waals surface area (Å²) in [4.78, 5) is 14.3. The van der Waals surface area contributed by atoms with Crippen molar-refractivity contribution in [1.29, 1.82) is 0 Å². The van der Waals surface area contributed by atoms with Crippen LogP contribution < -0.4 is 11.1 Å². The van der Waals surface area contributed by atoms with Crippen molar-refractivity contribution >= 4 is 17.3 Å². The number of carboxylic acid groups (broad SMARTS) is 1. The van der Waals surface area contributed by atoms with E-state index >= 15 is 0 Å². The minimum absolute atomic E-state index is 0.0206. The van der Waals surface area contributed by atoms with Crippen molar-refractivity contribution < 1.29 is 9.90 Å². The van der Waals surface area contributed by atoms with Crippen molar-refractivity contribution in [2.75, 3.05) is 31.2 Å². The van der Waals surface area contributed by atoms with E-state index in [4.69, 9.17) is 5.73 Å². The van der Waals surface area contributed by atoms with Crippen LogP contribution in [-0.2, 0) is 11.3 Å². The van der Waals surface area contributed by atoms with E-state index in [1.54, 1.807) is 0 Å². The normalized spacial score (nSPS) is 17.4. The Kier molecular flexibility index (Phi) is 7.22. The zero-order chi connectivity index (χ0) is 24.2. The van der Waals surface area contributed by atoms with Crippen LogP contribution in [0.3, 0.4) is 0 Å². The van der Waals surface area contributed by atoms with Crippen LogP contribution >= 0.6 is 0 Å². The molecule has 0 bridgehead atoms. The van der Waals surface area contributed by atoms with Gasteiger partial charge < -0.3 is 16.2 Å². The minimum atomic E-state index is -0.819. The molecule has 4 N–H and O–H groups in total. The number of aryl methyl sites for hydroxylation is 1. The second-order valence-electron chi connectivity index (χ2n) is 9.34. The van der Waals surface area contributed by atoms with Crippen molar-refractivity contribution in [3.05, 3.63) is 76.6 Å². The predicted octanol–water partition coefficient (Wildman–Crippen LogP) is 4.57. The second-order valence-corrected chi connectivity index (χ2v) is 9.34. The number of anilines is 2. The van der Waals surface area contributed by atoms with E-state index in [-0.39, 0.29) is 12.3 Å². The molecule has 0 saturated carbocycles. The standard InChI is InChI=1S/C27H35N5O2/c1-18-7-8-20(24(15-26(33)34)23-9-10-25(29-3)27(28)19(23)2)14-21(18)16-31-12-4-6-22(17-31)32-13-5-11-30-32/h5,7-11,13-14,22,24,29H,4,6,12,15-17,28H2,1-3H3,(H,33,34). The first kappa shape index (κ1) is 23.8. The highest BCUT2D eigenvalue weighted by atomic mass is 16.4. The van der Waals surface area contributed by atoms with Crippen molar-refractivity contribution in [2.24, 2.45) is 0 Å². The molecule has 1 saturated heterocycles. The summed E-state index contributed by atoms with van der Waals surface area (Å²) in [5.41, 5.74) is 13.2. The minimum Gasteiger partial charge on any atom is -0.481 e. The number of nitrogen functional groups attached to an aromatic ring is 1. The number of rotatable bonds is 8. The Balaban J connectivity index is 1.62. The third-order valence-corrected chi connectivity index (χ3v) is 7.13. The van der Waals surface area contributed by atoms with Gasteiger partial charge in [0.05, 0.1) is 23.8 Å². The Morgan fingerprint density at radius 3 is 2.82 bits per heavy atom. The van der Waals surface area contributed by atoms with Gasteiger partial charge in [-0.15, -0.1) is 0 Å². The molecule has 0 amide bonds. The van der Waals surface area contributed by atoms with Gasteiger partial charge in [-0.25, -0.2) is 0 Å². The van der Waals surface area contributed by atoms with Gasteiger partial charge in [-0.3, -0.25) is 14.4 Å². The maximum Gasteiger partial charge on any atom is 0.304 e. The number of hydrogen-bond acceptors (Lipinski definition) is 5. The lowest BCUT2D eigenvalue weighted by molar-refractivity contribution is -0.137. The van der Waals surface area contributed by atoms with Crippen molar-refractivity contribution in [1.82, 2.24) is 14.7 Å². The number of aliphatic carboxylic acids is 1. The summed E-state index contributed by atoms with van der Waals surface area (Å²) < 4.78 is 2.07. The number of nitrogens with one attached hydrogen (secondary N) is 1. The summed E-state index contributed by atoms with van der Waals surface area (Å²) in [7, 11) is 1.84. The van der Waals surface area contributed by atoms with Gasteiger partial charge in [0.2, 0.25) is 0 Å². The average Bonchev–Trinajstić information content (AvgIpc) is 3.36. The predicted molar refractivity (Wildman–Crippen MR) is 136 cm³/mol. The van der Waals surface area contributed by atoms with Gasteiger partial charge in [-0.2, -0.15) is 5.10 Å². The molecule has 2 unspecified atom stereocenters. The lowest BCUT2D eigenvalue weighted by Crippen LogP contribution is -2.36. The Morgan fingerprint density at radius 2 is 2.12 bits per heavy atom. The highest BCUT2D eigenvalue weighted by Crippen LogP contribution is 2.36. The van der Waals surface area contributed by atoms with Gasteiger partial charge in [0.25, 0.3) is 0 Å². The first-order valence-corrected chi connectivity index (χ1v) is 12.0. The van der Waals surface area contributed by atoms with Crippen LogP contribution in [0.15, 0.2) is 48.8 Å². The first-order chi connectivity index (χ1) is 16.4. The van der Waals surface area contributed by atoms with Crippen LogP contribution in [0.2, 0.25) is 0 Å². The molecule has 1 aliphatic heterocycles. The number of benzene rings is 2. The van der Waals surface area contributed by atoms with E-state index in [1.807, 2.05) is 44.6 Å². The molecule has 2 heterocycles. The van der Waals surface area contributed by atoms with Gasteiger partial charge in [-0.05, 0) is 73.2 Å². The topological polar surface area (TPSA) is 96.4 Å². The molecular formula is C27H35N5O2. The molecular weight excluding hydrogens is 426 g/mol. The average molecular weight is 462 g/mol. The van der Waals surface area contributed by atoms with Gasteiger partial charge in [0.1, 0.15) is 0 Å². The van der Waals surface area contributed by atoms with Crippen molar-refractivity contribution in [3.8, 4) is 0 Å². The maximum absolute atomic E-state index is 11.8. The molecule has 1 fully saturated rings. The zero-order valence-corrected chi connectivity index (χ0v) is 20.3. The van der Waals surface area contributed by atoms with Crippen LogP contribution in [0.4, 0.5) is 11.4 Å². The molecule has 7 nitrogen and oxygen atoms in total. The Labute approximate surface area is 201 Å². The Morgan fingerprint density at radius 1 is 1.29 bits per heavy atom. The molecule has 4 rings (SSSR count). The number of hydrogen-bond donors (Lipinski definition) is 3. The van der Waals surface area contributed by atoms with E-state index in [0.29, 0.717) is 11.7 Å². The van der Waals surface area contributed by atoms with Crippen molar-refractivity contribution in [2.45, 2.75) is 51.6 Å². The molecule has 0 spiro atoms. The molecule has 3 aromatic rings. The fourth-order valence-electron chi connectivity index (χ4n) is 5.13. The number of piperidine rings is 1. The quantitative estimate of drug-likeness (QED) is 0.425. The summed E-state index contributed by atoms with van der Waals surface area (Å²) in [5.74, 6) is -1.08. The number of carbonyl (C=O) groups is 1. The largest absolute Gasteiger partial charge is 0.481 e. The molecule has 1 aromatic heterocycles. The third-order valence-electron chi connectivity index (χ3n) is 7.13. The van der Waals surface area contributed by atoms with Gasteiger partial charge in [0.15, 0.2) is 0 Å². The Hall–Kier alpha value is -3.32. The zero-order valence-electron chi connectivity index (χ0n) is 20.3.